The summed E-state index contributed by atoms with van der Waals surface area (Å²) < 4.78 is 1.80. The summed E-state index contributed by atoms with van der Waals surface area (Å²) in [7, 11) is 0. The third-order valence-corrected chi connectivity index (χ3v) is 1.60. The number of terminal acetylenes is 1. The van der Waals surface area contributed by atoms with Crippen LogP contribution >= 0.6 is 0 Å². The average Bonchev–Trinajstić information content (AvgIpc) is 2.53. The van der Waals surface area contributed by atoms with E-state index < -0.39 is 0 Å². The van der Waals surface area contributed by atoms with Crippen molar-refractivity contribution in [1.29, 1.82) is 0 Å². The third-order valence-electron chi connectivity index (χ3n) is 1.60. The van der Waals surface area contributed by atoms with E-state index in [0.29, 0.717) is 0 Å². The highest BCUT2D eigenvalue weighted by molar-refractivity contribution is 5.25. The van der Waals surface area contributed by atoms with E-state index in [9.17, 15) is 0 Å². The largest absolute Gasteiger partial charge is 0.396 e. The molecule has 0 amide bonds. The van der Waals surface area contributed by atoms with Crippen LogP contribution in [0.1, 0.15) is 18.4 Å². The second-order valence-corrected chi connectivity index (χ2v) is 2.57. The summed E-state index contributed by atoms with van der Waals surface area (Å²) in [6, 6.07) is 0. The molecule has 1 heterocycles. The minimum atomic E-state index is 0.239. The molecule has 0 aliphatic carbocycles. The van der Waals surface area contributed by atoms with Gasteiger partial charge in [-0.3, -0.25) is 4.68 Å². The number of aryl methyl sites for hydroxylation is 1. The highest BCUT2D eigenvalue weighted by Gasteiger charge is 1.94. The van der Waals surface area contributed by atoms with E-state index in [-0.39, 0.29) is 6.61 Å². The molecule has 0 fully saturated rings. The van der Waals surface area contributed by atoms with Crippen molar-refractivity contribution in [2.75, 3.05) is 6.61 Å². The molecule has 0 aliphatic rings. The Morgan fingerprint density at radius 3 is 3.00 bits per heavy atom. The predicted molar refractivity (Wildman–Crippen MR) is 46.5 cm³/mol. The van der Waals surface area contributed by atoms with E-state index in [1.54, 1.807) is 10.9 Å². The zero-order valence-electron chi connectivity index (χ0n) is 6.90. The van der Waals surface area contributed by atoms with Gasteiger partial charge in [0.05, 0.1) is 11.8 Å². The van der Waals surface area contributed by atoms with Crippen molar-refractivity contribution >= 4 is 0 Å². The smallest absolute Gasteiger partial charge is 0.0646 e. The normalized spacial score (nSPS) is 9.67. The zero-order chi connectivity index (χ0) is 8.81. The van der Waals surface area contributed by atoms with Crippen LogP contribution in [0.2, 0.25) is 0 Å². The van der Waals surface area contributed by atoms with Crippen LogP contribution in [0.25, 0.3) is 0 Å². The van der Waals surface area contributed by atoms with Crippen LogP contribution in [-0.4, -0.2) is 21.5 Å². The molecule has 0 saturated carbocycles. The number of aromatic nitrogens is 2. The van der Waals surface area contributed by atoms with Gasteiger partial charge in [0.15, 0.2) is 0 Å². The molecule has 0 spiro atoms. The molecule has 3 nitrogen and oxygen atoms in total. The molecule has 0 aromatic carbocycles. The van der Waals surface area contributed by atoms with E-state index in [4.69, 9.17) is 11.5 Å². The van der Waals surface area contributed by atoms with Crippen LogP contribution in [0, 0.1) is 12.3 Å². The molecule has 0 radical (unpaired) electrons. The molecular formula is C9H12N2O. The van der Waals surface area contributed by atoms with E-state index >= 15 is 0 Å². The van der Waals surface area contributed by atoms with Crippen LogP contribution in [0.5, 0.6) is 0 Å². The van der Waals surface area contributed by atoms with Crippen molar-refractivity contribution in [1.82, 2.24) is 9.78 Å². The number of hydrogen-bond acceptors (Lipinski definition) is 2. The molecule has 0 unspecified atom stereocenters. The van der Waals surface area contributed by atoms with Gasteiger partial charge < -0.3 is 5.11 Å². The van der Waals surface area contributed by atoms with Crippen LogP contribution in [0.3, 0.4) is 0 Å². The lowest BCUT2D eigenvalue weighted by Gasteiger charge is -1.97. The standard InChI is InChI=1S/C9H12N2O/c1-2-9-7-10-11(8-9)5-3-4-6-12/h1,7-8,12H,3-6H2. The van der Waals surface area contributed by atoms with E-state index in [1.165, 1.54) is 0 Å². The summed E-state index contributed by atoms with van der Waals surface area (Å²) in [5, 5.41) is 12.6. The SMILES string of the molecule is C#Cc1cnn(CCCCO)c1. The molecule has 1 aromatic rings. The number of aliphatic hydroxyl groups excluding tert-OH is 1. The van der Waals surface area contributed by atoms with Crippen molar-refractivity contribution < 1.29 is 5.11 Å². The molecule has 1 rings (SSSR count). The lowest BCUT2D eigenvalue weighted by molar-refractivity contribution is 0.280. The van der Waals surface area contributed by atoms with Crippen molar-refractivity contribution in [3.63, 3.8) is 0 Å². The van der Waals surface area contributed by atoms with Crippen LogP contribution in [0.15, 0.2) is 12.4 Å². The van der Waals surface area contributed by atoms with Gasteiger partial charge in [0.2, 0.25) is 0 Å². The number of rotatable bonds is 4. The summed E-state index contributed by atoms with van der Waals surface area (Å²) in [4.78, 5) is 0. The average molecular weight is 164 g/mol. The van der Waals surface area contributed by atoms with Gasteiger partial charge in [-0.2, -0.15) is 5.10 Å². The van der Waals surface area contributed by atoms with E-state index in [2.05, 4.69) is 11.0 Å². The lowest BCUT2D eigenvalue weighted by Crippen LogP contribution is -1.98. The van der Waals surface area contributed by atoms with Gasteiger partial charge in [0.25, 0.3) is 0 Å². The first-order valence-electron chi connectivity index (χ1n) is 3.96. The Morgan fingerprint density at radius 1 is 1.58 bits per heavy atom. The van der Waals surface area contributed by atoms with Crippen molar-refractivity contribution in [3.05, 3.63) is 18.0 Å². The molecule has 0 atom stereocenters. The lowest BCUT2D eigenvalue weighted by atomic mass is 10.3. The second kappa shape index (κ2) is 4.58. The fourth-order valence-electron chi connectivity index (χ4n) is 0.946. The molecule has 1 N–H and O–H groups in total. The highest BCUT2D eigenvalue weighted by Crippen LogP contribution is 1.97. The maximum atomic E-state index is 8.53. The predicted octanol–water partition coefficient (Wildman–Crippen LogP) is 0.637. The zero-order valence-corrected chi connectivity index (χ0v) is 6.90. The molecule has 0 saturated heterocycles. The molecule has 0 bridgehead atoms. The van der Waals surface area contributed by atoms with Crippen LogP contribution in [-0.2, 0) is 6.54 Å². The number of unbranched alkanes of at least 4 members (excludes halogenated alkanes) is 1. The molecule has 1 aromatic heterocycles. The van der Waals surface area contributed by atoms with Crippen molar-refractivity contribution in [2.45, 2.75) is 19.4 Å². The summed E-state index contributed by atoms with van der Waals surface area (Å²) in [6.07, 6.45) is 10.4. The Balaban J connectivity index is 2.38. The summed E-state index contributed by atoms with van der Waals surface area (Å²) in [5.41, 5.74) is 0.805. The Labute approximate surface area is 72.0 Å². The van der Waals surface area contributed by atoms with Gasteiger partial charge in [-0.15, -0.1) is 6.42 Å². The van der Waals surface area contributed by atoms with E-state index in [1.807, 2.05) is 6.20 Å². The van der Waals surface area contributed by atoms with Gasteiger partial charge in [-0.05, 0) is 12.8 Å². The minimum Gasteiger partial charge on any atom is -0.396 e. The molecule has 64 valence electrons. The third kappa shape index (κ3) is 2.40. The first-order chi connectivity index (χ1) is 5.86. The van der Waals surface area contributed by atoms with Crippen LogP contribution < -0.4 is 0 Å². The van der Waals surface area contributed by atoms with Crippen LogP contribution in [0.4, 0.5) is 0 Å². The molecule has 0 aliphatic heterocycles. The van der Waals surface area contributed by atoms with Gasteiger partial charge in [0, 0.05) is 19.3 Å². The Hall–Kier alpha value is -1.27. The Kier molecular flexibility index (Phi) is 3.36. The Morgan fingerprint density at radius 2 is 2.42 bits per heavy atom. The fourth-order valence-corrected chi connectivity index (χ4v) is 0.946. The van der Waals surface area contributed by atoms with Crippen molar-refractivity contribution in [3.8, 4) is 12.3 Å². The first-order valence-corrected chi connectivity index (χ1v) is 3.96. The summed E-state index contributed by atoms with van der Waals surface area (Å²) in [5.74, 6) is 2.51. The van der Waals surface area contributed by atoms with Gasteiger partial charge in [-0.25, -0.2) is 0 Å². The second-order valence-electron chi connectivity index (χ2n) is 2.57. The minimum absolute atomic E-state index is 0.239. The maximum absolute atomic E-state index is 8.53. The number of aliphatic hydroxyl groups is 1. The monoisotopic (exact) mass is 164 g/mol. The highest BCUT2D eigenvalue weighted by atomic mass is 16.2. The van der Waals surface area contributed by atoms with Gasteiger partial charge in [-0.1, -0.05) is 5.92 Å². The quantitative estimate of drug-likeness (QED) is 0.523. The summed E-state index contributed by atoms with van der Waals surface area (Å²) >= 11 is 0. The summed E-state index contributed by atoms with van der Waals surface area (Å²) in [6.45, 7) is 1.06. The molecular weight excluding hydrogens is 152 g/mol. The topological polar surface area (TPSA) is 38.0 Å². The Bertz CT molecular complexity index is 272. The first kappa shape index (κ1) is 8.82. The fraction of sp³-hybridized carbons (Fsp3) is 0.444. The molecule has 3 heteroatoms. The van der Waals surface area contributed by atoms with E-state index in [0.717, 1.165) is 24.9 Å². The van der Waals surface area contributed by atoms with Gasteiger partial charge in [0.1, 0.15) is 0 Å². The van der Waals surface area contributed by atoms with Gasteiger partial charge >= 0.3 is 0 Å². The number of nitrogens with zero attached hydrogens (tertiary/aromatic N) is 2. The van der Waals surface area contributed by atoms with Crippen molar-refractivity contribution in [2.24, 2.45) is 0 Å². The molecule has 12 heavy (non-hydrogen) atoms. The maximum Gasteiger partial charge on any atom is 0.0646 e. The number of hydrogen-bond donors (Lipinski definition) is 1.